The Bertz CT molecular complexity index is 413. The molecule has 1 aromatic carbocycles. The van der Waals surface area contributed by atoms with Gasteiger partial charge in [-0.3, -0.25) is 0 Å². The number of benzene rings is 1. The Balaban J connectivity index is 2.74. The largest absolute Gasteiger partial charge is 0.444 e. The predicted molar refractivity (Wildman–Crippen MR) is 81.5 cm³/mol. The van der Waals surface area contributed by atoms with Crippen LogP contribution in [0, 0.1) is 3.57 Å². The minimum atomic E-state index is -0.450. The normalized spacial score (nSPS) is 11.2. The molecule has 0 aliphatic rings. The van der Waals surface area contributed by atoms with Gasteiger partial charge in [-0.1, -0.05) is 18.2 Å². The van der Waals surface area contributed by atoms with Gasteiger partial charge in [-0.15, -0.1) is 0 Å². The lowest BCUT2D eigenvalue weighted by atomic mass is 10.2. The lowest BCUT2D eigenvalue weighted by molar-refractivity contribution is 0.0244. The maximum Gasteiger partial charge on any atom is 0.410 e. The molecule has 1 amide bonds. The van der Waals surface area contributed by atoms with Gasteiger partial charge in [-0.05, 0) is 61.9 Å². The first-order chi connectivity index (χ1) is 8.33. The topological polar surface area (TPSA) is 29.5 Å². The molecule has 0 unspecified atom stereocenters. The number of carbonyl (C=O) groups is 1. The molecule has 0 N–H and O–H groups in total. The van der Waals surface area contributed by atoms with Crippen molar-refractivity contribution < 1.29 is 9.53 Å². The minimum Gasteiger partial charge on any atom is -0.444 e. The van der Waals surface area contributed by atoms with Crippen LogP contribution in [0.1, 0.15) is 33.3 Å². The molecule has 0 saturated heterocycles. The van der Waals surface area contributed by atoms with Crippen molar-refractivity contribution in [3.63, 3.8) is 0 Å². The number of halogens is 1. The molecular weight excluding hydrogens is 341 g/mol. The van der Waals surface area contributed by atoms with Crippen LogP contribution in [-0.4, -0.2) is 23.1 Å². The van der Waals surface area contributed by atoms with Crippen LogP contribution in [0.5, 0.6) is 0 Å². The van der Waals surface area contributed by atoms with Gasteiger partial charge < -0.3 is 9.64 Å². The first-order valence-corrected chi connectivity index (χ1v) is 7.12. The zero-order valence-corrected chi connectivity index (χ0v) is 13.5. The lowest BCUT2D eigenvalue weighted by Crippen LogP contribution is -2.36. The number of amides is 1. The molecule has 0 aliphatic heterocycles. The van der Waals surface area contributed by atoms with E-state index in [2.05, 4.69) is 22.6 Å². The molecule has 0 heterocycles. The Morgan fingerprint density at radius 2 is 1.94 bits per heavy atom. The van der Waals surface area contributed by atoms with Crippen molar-refractivity contribution in [3.05, 3.63) is 33.4 Å². The maximum atomic E-state index is 12.0. The average Bonchev–Trinajstić information content (AvgIpc) is 2.25. The zero-order valence-electron chi connectivity index (χ0n) is 11.4. The fourth-order valence-corrected chi connectivity index (χ4v) is 2.02. The number of ether oxygens (including phenoxy) is 1. The monoisotopic (exact) mass is 361 g/mol. The van der Waals surface area contributed by atoms with E-state index in [0.717, 1.165) is 9.13 Å². The summed E-state index contributed by atoms with van der Waals surface area (Å²) >= 11 is 2.28. The first kappa shape index (κ1) is 15.3. The van der Waals surface area contributed by atoms with Crippen molar-refractivity contribution in [2.75, 3.05) is 6.54 Å². The smallest absolute Gasteiger partial charge is 0.410 e. The van der Waals surface area contributed by atoms with Crippen molar-refractivity contribution in [2.24, 2.45) is 0 Å². The van der Waals surface area contributed by atoms with Gasteiger partial charge in [-0.25, -0.2) is 4.79 Å². The number of nitrogens with zero attached hydrogens (tertiary/aromatic N) is 1. The Labute approximate surface area is 123 Å². The van der Waals surface area contributed by atoms with Crippen molar-refractivity contribution in [3.8, 4) is 0 Å². The summed E-state index contributed by atoms with van der Waals surface area (Å²) in [7, 11) is 0. The van der Waals surface area contributed by atoms with Crippen LogP contribution < -0.4 is 0 Å². The van der Waals surface area contributed by atoms with Gasteiger partial charge in [0.1, 0.15) is 5.60 Å². The average molecular weight is 361 g/mol. The molecule has 1 aromatic rings. The highest BCUT2D eigenvalue weighted by molar-refractivity contribution is 14.1. The molecule has 0 aromatic heterocycles. The van der Waals surface area contributed by atoms with Gasteiger partial charge in [0.05, 0.1) is 6.54 Å². The molecule has 0 aliphatic carbocycles. The van der Waals surface area contributed by atoms with Gasteiger partial charge in [0, 0.05) is 10.1 Å². The molecular formula is C14H20INO2. The number of hydrogen-bond donors (Lipinski definition) is 0. The number of carbonyl (C=O) groups excluding carboxylic acids is 1. The Hall–Kier alpha value is -0.780. The summed E-state index contributed by atoms with van der Waals surface area (Å²) in [6, 6.07) is 8.06. The maximum absolute atomic E-state index is 12.0. The van der Waals surface area contributed by atoms with E-state index in [0.29, 0.717) is 13.1 Å². The molecule has 0 saturated carbocycles. The number of hydrogen-bond acceptors (Lipinski definition) is 2. The molecule has 1 rings (SSSR count). The summed E-state index contributed by atoms with van der Waals surface area (Å²) in [6.07, 6.45) is -0.260. The molecule has 0 fully saturated rings. The Morgan fingerprint density at radius 1 is 1.33 bits per heavy atom. The molecule has 0 radical (unpaired) electrons. The highest BCUT2D eigenvalue weighted by Crippen LogP contribution is 2.16. The summed E-state index contributed by atoms with van der Waals surface area (Å²) in [4.78, 5) is 13.7. The summed E-state index contributed by atoms with van der Waals surface area (Å²) in [6.45, 7) is 8.82. The molecule has 100 valence electrons. The molecule has 0 bridgehead atoms. The molecule has 0 spiro atoms. The van der Waals surface area contributed by atoms with Crippen molar-refractivity contribution in [1.82, 2.24) is 4.90 Å². The van der Waals surface area contributed by atoms with Crippen molar-refractivity contribution >= 4 is 28.7 Å². The second-order valence-corrected chi connectivity index (χ2v) is 6.25. The molecule has 3 nitrogen and oxygen atoms in total. The second-order valence-electron chi connectivity index (χ2n) is 5.09. The van der Waals surface area contributed by atoms with E-state index in [-0.39, 0.29) is 6.09 Å². The van der Waals surface area contributed by atoms with Gasteiger partial charge in [0.15, 0.2) is 0 Å². The molecule has 4 heteroatoms. The Kier molecular flexibility index (Phi) is 5.44. The van der Waals surface area contributed by atoms with Crippen LogP contribution in [0.15, 0.2) is 24.3 Å². The summed E-state index contributed by atoms with van der Waals surface area (Å²) in [5.41, 5.74) is 0.694. The highest BCUT2D eigenvalue weighted by Gasteiger charge is 2.21. The Morgan fingerprint density at radius 3 is 2.44 bits per heavy atom. The van der Waals surface area contributed by atoms with Crippen molar-refractivity contribution in [2.45, 2.75) is 39.8 Å². The van der Waals surface area contributed by atoms with Crippen LogP contribution in [0.2, 0.25) is 0 Å². The third kappa shape index (κ3) is 4.84. The second kappa shape index (κ2) is 6.41. The van der Waals surface area contributed by atoms with E-state index < -0.39 is 5.60 Å². The quantitative estimate of drug-likeness (QED) is 0.761. The first-order valence-electron chi connectivity index (χ1n) is 6.05. The lowest BCUT2D eigenvalue weighted by Gasteiger charge is -2.26. The minimum absolute atomic E-state index is 0.260. The summed E-state index contributed by atoms with van der Waals surface area (Å²) in [5.74, 6) is 0. The SMILES string of the molecule is CCN(Cc1ccccc1I)C(=O)OC(C)(C)C. The van der Waals surface area contributed by atoms with Gasteiger partial charge in [-0.2, -0.15) is 0 Å². The van der Waals surface area contributed by atoms with E-state index in [1.165, 1.54) is 0 Å². The van der Waals surface area contributed by atoms with Crippen LogP contribution in [0.4, 0.5) is 4.79 Å². The van der Waals surface area contributed by atoms with Gasteiger partial charge >= 0.3 is 6.09 Å². The van der Waals surface area contributed by atoms with E-state index in [9.17, 15) is 4.79 Å². The van der Waals surface area contributed by atoms with E-state index in [1.807, 2.05) is 52.0 Å². The van der Waals surface area contributed by atoms with E-state index in [1.54, 1.807) is 4.90 Å². The summed E-state index contributed by atoms with van der Waals surface area (Å²) < 4.78 is 6.55. The van der Waals surface area contributed by atoms with Crippen molar-refractivity contribution in [1.29, 1.82) is 0 Å². The highest BCUT2D eigenvalue weighted by atomic mass is 127. The van der Waals surface area contributed by atoms with Crippen LogP contribution in [-0.2, 0) is 11.3 Å². The van der Waals surface area contributed by atoms with Crippen LogP contribution in [0.3, 0.4) is 0 Å². The predicted octanol–water partition coefficient (Wildman–Crippen LogP) is 4.05. The third-order valence-electron chi connectivity index (χ3n) is 2.35. The summed E-state index contributed by atoms with van der Waals surface area (Å²) in [5, 5.41) is 0. The fraction of sp³-hybridized carbons (Fsp3) is 0.500. The zero-order chi connectivity index (χ0) is 13.8. The molecule has 0 atom stereocenters. The van der Waals surface area contributed by atoms with Gasteiger partial charge in [0.2, 0.25) is 0 Å². The fourth-order valence-electron chi connectivity index (χ4n) is 1.46. The van der Waals surface area contributed by atoms with Crippen LogP contribution in [0.25, 0.3) is 0 Å². The van der Waals surface area contributed by atoms with E-state index >= 15 is 0 Å². The van der Waals surface area contributed by atoms with Gasteiger partial charge in [0.25, 0.3) is 0 Å². The van der Waals surface area contributed by atoms with Crippen LogP contribution >= 0.6 is 22.6 Å². The third-order valence-corrected chi connectivity index (χ3v) is 3.40. The molecule has 18 heavy (non-hydrogen) atoms. The van der Waals surface area contributed by atoms with E-state index in [4.69, 9.17) is 4.74 Å². The number of rotatable bonds is 3. The standard InChI is InChI=1S/C14H20INO2/c1-5-16(13(17)18-14(2,3)4)10-11-8-6-7-9-12(11)15/h6-9H,5,10H2,1-4H3.